The van der Waals surface area contributed by atoms with Crippen LogP contribution in [-0.2, 0) is 4.79 Å². The minimum atomic E-state index is -0.358. The molecule has 0 radical (unpaired) electrons. The molecule has 1 saturated heterocycles. The Hall–Kier alpha value is -0.610. The third-order valence-corrected chi connectivity index (χ3v) is 1.09. The lowest BCUT2D eigenvalue weighted by atomic mass is 10.2. The molecule has 1 aliphatic rings. The van der Waals surface area contributed by atoms with Gasteiger partial charge in [0.05, 0.1) is 12.7 Å². The number of carbonyl (C=O) groups excluding carboxylic acids is 1. The molecule has 0 aromatic carbocycles. The summed E-state index contributed by atoms with van der Waals surface area (Å²) in [7, 11) is 0. The summed E-state index contributed by atoms with van der Waals surface area (Å²) in [5.74, 6) is -0.0660. The first-order chi connectivity index (χ1) is 3.80. The van der Waals surface area contributed by atoms with Gasteiger partial charge in [-0.2, -0.15) is 0 Å². The van der Waals surface area contributed by atoms with E-state index in [2.05, 4.69) is 10.6 Å². The summed E-state index contributed by atoms with van der Waals surface area (Å²) in [6.07, 6.45) is 0. The summed E-state index contributed by atoms with van der Waals surface area (Å²) in [4.78, 5) is 10.5. The standard InChI is InChI=1S/C4H9N3O/c5-3-1-6-2-7-4(3)8/h3,6H,1-2,5H2,(H,7,8). The molecule has 0 spiro atoms. The third kappa shape index (κ3) is 0.962. The molecule has 0 aromatic heterocycles. The highest BCUT2D eigenvalue weighted by atomic mass is 16.2. The van der Waals surface area contributed by atoms with Gasteiger partial charge in [0.15, 0.2) is 0 Å². The highest BCUT2D eigenvalue weighted by Gasteiger charge is 2.15. The molecule has 1 heterocycles. The molecular weight excluding hydrogens is 106 g/mol. The summed E-state index contributed by atoms with van der Waals surface area (Å²) >= 11 is 0. The van der Waals surface area contributed by atoms with Crippen LogP contribution in [0.3, 0.4) is 0 Å². The number of nitrogens with one attached hydrogen (secondary N) is 2. The van der Waals surface area contributed by atoms with E-state index in [9.17, 15) is 4.79 Å². The van der Waals surface area contributed by atoms with Crippen LogP contribution >= 0.6 is 0 Å². The molecule has 4 nitrogen and oxygen atoms in total. The zero-order valence-corrected chi connectivity index (χ0v) is 4.48. The lowest BCUT2D eigenvalue weighted by Gasteiger charge is -2.18. The van der Waals surface area contributed by atoms with Gasteiger partial charge in [-0.25, -0.2) is 0 Å². The molecule has 1 unspecified atom stereocenters. The first-order valence-corrected chi connectivity index (χ1v) is 2.55. The number of hydrogen-bond donors (Lipinski definition) is 3. The topological polar surface area (TPSA) is 67.2 Å². The fourth-order valence-corrected chi connectivity index (χ4v) is 0.601. The molecule has 0 aromatic rings. The Kier molecular flexibility index (Phi) is 1.45. The number of hydrogen-bond acceptors (Lipinski definition) is 3. The monoisotopic (exact) mass is 115 g/mol. The van der Waals surface area contributed by atoms with E-state index in [4.69, 9.17) is 5.73 Å². The van der Waals surface area contributed by atoms with Crippen LogP contribution in [0.25, 0.3) is 0 Å². The zero-order valence-electron chi connectivity index (χ0n) is 4.48. The molecule has 1 rings (SSSR count). The van der Waals surface area contributed by atoms with Gasteiger partial charge in [-0.3, -0.25) is 10.1 Å². The summed E-state index contributed by atoms with van der Waals surface area (Å²) in [5.41, 5.74) is 5.30. The Bertz CT molecular complexity index is 103. The molecule has 0 saturated carbocycles. The predicted molar refractivity (Wildman–Crippen MR) is 29.0 cm³/mol. The van der Waals surface area contributed by atoms with Crippen molar-refractivity contribution in [1.82, 2.24) is 10.6 Å². The van der Waals surface area contributed by atoms with Crippen LogP contribution in [0.4, 0.5) is 0 Å². The van der Waals surface area contributed by atoms with Crippen molar-refractivity contribution in [3.05, 3.63) is 0 Å². The van der Waals surface area contributed by atoms with Crippen molar-refractivity contribution in [1.29, 1.82) is 0 Å². The molecular formula is C4H9N3O. The fourth-order valence-electron chi connectivity index (χ4n) is 0.601. The fraction of sp³-hybridized carbons (Fsp3) is 0.750. The normalized spacial score (nSPS) is 29.6. The van der Waals surface area contributed by atoms with Gasteiger partial charge in [0.2, 0.25) is 5.91 Å². The van der Waals surface area contributed by atoms with Gasteiger partial charge < -0.3 is 11.1 Å². The lowest BCUT2D eigenvalue weighted by Crippen LogP contribution is -2.55. The molecule has 1 fully saturated rings. The highest BCUT2D eigenvalue weighted by molar-refractivity contribution is 5.82. The maximum atomic E-state index is 10.5. The van der Waals surface area contributed by atoms with Crippen LogP contribution in [0.5, 0.6) is 0 Å². The lowest BCUT2D eigenvalue weighted by molar-refractivity contribution is -0.123. The van der Waals surface area contributed by atoms with Gasteiger partial charge in [0.25, 0.3) is 0 Å². The van der Waals surface area contributed by atoms with E-state index >= 15 is 0 Å². The quantitative estimate of drug-likeness (QED) is 0.342. The van der Waals surface area contributed by atoms with Gasteiger partial charge in [-0.05, 0) is 0 Å². The van der Waals surface area contributed by atoms with Crippen molar-refractivity contribution in [3.63, 3.8) is 0 Å². The SMILES string of the molecule is NC1CNCNC1=O. The Morgan fingerprint density at radius 3 is 2.88 bits per heavy atom. The second kappa shape index (κ2) is 2.11. The average Bonchev–Trinajstić information content (AvgIpc) is 1.77. The van der Waals surface area contributed by atoms with Crippen LogP contribution in [0.2, 0.25) is 0 Å². The predicted octanol–water partition coefficient (Wildman–Crippen LogP) is -2.01. The molecule has 1 amide bonds. The smallest absolute Gasteiger partial charge is 0.239 e. The van der Waals surface area contributed by atoms with Gasteiger partial charge in [-0.1, -0.05) is 0 Å². The van der Waals surface area contributed by atoms with Crippen LogP contribution < -0.4 is 16.4 Å². The van der Waals surface area contributed by atoms with Gasteiger partial charge in [0, 0.05) is 6.54 Å². The van der Waals surface area contributed by atoms with E-state index in [0.717, 1.165) is 0 Å². The molecule has 0 bridgehead atoms. The first kappa shape index (κ1) is 5.53. The largest absolute Gasteiger partial charge is 0.342 e. The molecule has 1 atom stereocenters. The average molecular weight is 115 g/mol. The van der Waals surface area contributed by atoms with Gasteiger partial charge in [-0.15, -0.1) is 0 Å². The maximum Gasteiger partial charge on any atom is 0.239 e. The Labute approximate surface area is 47.4 Å². The molecule has 0 aliphatic carbocycles. The van der Waals surface area contributed by atoms with Crippen molar-refractivity contribution in [3.8, 4) is 0 Å². The number of nitrogens with two attached hydrogens (primary N) is 1. The summed E-state index contributed by atoms with van der Waals surface area (Å²) < 4.78 is 0. The summed E-state index contributed by atoms with van der Waals surface area (Å²) in [6, 6.07) is -0.358. The maximum absolute atomic E-state index is 10.5. The van der Waals surface area contributed by atoms with Gasteiger partial charge in [0.1, 0.15) is 0 Å². The van der Waals surface area contributed by atoms with E-state index < -0.39 is 0 Å². The van der Waals surface area contributed by atoms with Crippen molar-refractivity contribution >= 4 is 5.91 Å². The van der Waals surface area contributed by atoms with Crippen LogP contribution in [-0.4, -0.2) is 25.2 Å². The summed E-state index contributed by atoms with van der Waals surface area (Å²) in [5, 5.41) is 5.46. The molecule has 46 valence electrons. The summed E-state index contributed by atoms with van der Waals surface area (Å²) in [6.45, 7) is 1.14. The van der Waals surface area contributed by atoms with E-state index in [1.54, 1.807) is 0 Å². The number of amides is 1. The van der Waals surface area contributed by atoms with Crippen LogP contribution in [0.15, 0.2) is 0 Å². The Morgan fingerprint density at radius 1 is 1.75 bits per heavy atom. The molecule has 1 aliphatic heterocycles. The van der Waals surface area contributed by atoms with E-state index in [1.807, 2.05) is 0 Å². The van der Waals surface area contributed by atoms with E-state index in [0.29, 0.717) is 13.2 Å². The van der Waals surface area contributed by atoms with Crippen LogP contribution in [0.1, 0.15) is 0 Å². The van der Waals surface area contributed by atoms with Crippen molar-refractivity contribution in [2.24, 2.45) is 5.73 Å². The molecule has 8 heavy (non-hydrogen) atoms. The number of carbonyl (C=O) groups is 1. The van der Waals surface area contributed by atoms with Gasteiger partial charge >= 0.3 is 0 Å². The van der Waals surface area contributed by atoms with E-state index in [-0.39, 0.29) is 11.9 Å². The molecule has 4 N–H and O–H groups in total. The van der Waals surface area contributed by atoms with Crippen LogP contribution in [0, 0.1) is 0 Å². The van der Waals surface area contributed by atoms with Crippen molar-refractivity contribution < 1.29 is 4.79 Å². The third-order valence-electron chi connectivity index (χ3n) is 1.09. The Morgan fingerprint density at radius 2 is 2.50 bits per heavy atom. The highest BCUT2D eigenvalue weighted by Crippen LogP contribution is 1.79. The van der Waals surface area contributed by atoms with Crippen molar-refractivity contribution in [2.75, 3.05) is 13.2 Å². The minimum Gasteiger partial charge on any atom is -0.342 e. The van der Waals surface area contributed by atoms with E-state index in [1.165, 1.54) is 0 Å². The number of rotatable bonds is 0. The zero-order chi connectivity index (χ0) is 5.98. The molecule has 4 heteroatoms. The second-order valence-electron chi connectivity index (χ2n) is 1.78. The van der Waals surface area contributed by atoms with Crippen molar-refractivity contribution in [2.45, 2.75) is 6.04 Å². The Balaban J connectivity index is 2.39. The first-order valence-electron chi connectivity index (χ1n) is 2.55. The second-order valence-corrected chi connectivity index (χ2v) is 1.78. The minimum absolute atomic E-state index is 0.0660.